The molecule has 1 aromatic carbocycles. The molecule has 1 rings (SSSR count). The highest BCUT2D eigenvalue weighted by Gasteiger charge is 2.20. The van der Waals surface area contributed by atoms with Crippen LogP contribution in [-0.4, -0.2) is 22.0 Å². The van der Waals surface area contributed by atoms with Crippen molar-refractivity contribution in [3.8, 4) is 0 Å². The lowest BCUT2D eigenvalue weighted by Gasteiger charge is -2.19. The number of aromatic carboxylic acids is 1. The zero-order valence-electron chi connectivity index (χ0n) is 12.5. The Hall–Kier alpha value is -2.11. The van der Waals surface area contributed by atoms with Gasteiger partial charge in [-0.2, -0.15) is 0 Å². The summed E-state index contributed by atoms with van der Waals surface area (Å²) in [6, 6.07) is 4.42. The number of carbonyl (C=O) groups is 1. The highest BCUT2D eigenvalue weighted by Crippen LogP contribution is 2.24. The van der Waals surface area contributed by atoms with Gasteiger partial charge >= 0.3 is 5.97 Å². The second kappa shape index (κ2) is 8.24. The summed E-state index contributed by atoms with van der Waals surface area (Å²) < 4.78 is 0. The number of benzene rings is 1. The topological polar surface area (TPSA) is 92.5 Å². The number of rotatable bonds is 9. The number of nitrogens with zero attached hydrogens (tertiary/aromatic N) is 1. The van der Waals surface area contributed by atoms with Crippen molar-refractivity contribution in [1.82, 2.24) is 0 Å². The molecule has 116 valence electrons. The number of carboxylic acid groups (broad SMARTS) is 1. The first kappa shape index (κ1) is 16.9. The van der Waals surface area contributed by atoms with Crippen molar-refractivity contribution in [3.05, 3.63) is 33.9 Å². The van der Waals surface area contributed by atoms with E-state index in [1.807, 2.05) is 0 Å². The summed E-state index contributed by atoms with van der Waals surface area (Å²) in [4.78, 5) is 21.3. The summed E-state index contributed by atoms with van der Waals surface area (Å²) in [6.07, 6.45) is 5.21. The molecule has 0 spiro atoms. The number of hydrogen-bond acceptors (Lipinski definition) is 4. The molecule has 0 bridgehead atoms. The number of carboxylic acids is 1. The SMILES string of the molecule is CCCCC(CCC)Nc1ccc([N+](=O)[O-])c(C(=O)O)c1. The fourth-order valence-corrected chi connectivity index (χ4v) is 2.28. The summed E-state index contributed by atoms with van der Waals surface area (Å²) in [5.74, 6) is -1.29. The van der Waals surface area contributed by atoms with Gasteiger partial charge in [-0.25, -0.2) is 4.79 Å². The number of unbranched alkanes of at least 4 members (excludes halogenated alkanes) is 1. The average molecular weight is 294 g/mol. The molecule has 1 atom stereocenters. The Morgan fingerprint density at radius 2 is 2.05 bits per heavy atom. The van der Waals surface area contributed by atoms with Crippen LogP contribution in [0.5, 0.6) is 0 Å². The lowest BCUT2D eigenvalue weighted by Crippen LogP contribution is -2.19. The summed E-state index contributed by atoms with van der Waals surface area (Å²) in [7, 11) is 0. The number of hydrogen-bond donors (Lipinski definition) is 2. The van der Waals surface area contributed by atoms with E-state index in [0.717, 1.165) is 32.1 Å². The zero-order chi connectivity index (χ0) is 15.8. The first-order chi connectivity index (χ1) is 9.99. The maximum atomic E-state index is 11.1. The largest absolute Gasteiger partial charge is 0.477 e. The Morgan fingerprint density at radius 3 is 2.57 bits per heavy atom. The van der Waals surface area contributed by atoms with E-state index >= 15 is 0 Å². The Morgan fingerprint density at radius 1 is 1.33 bits per heavy atom. The second-order valence-corrected chi connectivity index (χ2v) is 5.07. The highest BCUT2D eigenvalue weighted by molar-refractivity contribution is 5.93. The molecular formula is C15H22N2O4. The highest BCUT2D eigenvalue weighted by atomic mass is 16.6. The van der Waals surface area contributed by atoms with Crippen LogP contribution < -0.4 is 5.32 Å². The third kappa shape index (κ3) is 5.06. The monoisotopic (exact) mass is 294 g/mol. The maximum absolute atomic E-state index is 11.1. The minimum absolute atomic E-state index is 0.262. The third-order valence-electron chi connectivity index (χ3n) is 3.34. The number of anilines is 1. The minimum atomic E-state index is -1.29. The Labute approximate surface area is 124 Å². The maximum Gasteiger partial charge on any atom is 0.342 e. The Kier molecular flexibility index (Phi) is 6.65. The van der Waals surface area contributed by atoms with E-state index < -0.39 is 10.9 Å². The molecule has 0 aliphatic heterocycles. The first-order valence-corrected chi connectivity index (χ1v) is 7.27. The van der Waals surface area contributed by atoms with Gasteiger partial charge in [-0.05, 0) is 25.0 Å². The van der Waals surface area contributed by atoms with Gasteiger partial charge in [0.05, 0.1) is 4.92 Å². The molecular weight excluding hydrogens is 272 g/mol. The molecule has 0 aromatic heterocycles. The quantitative estimate of drug-likeness (QED) is 0.529. The van der Waals surface area contributed by atoms with Crippen LogP contribution in [0.15, 0.2) is 18.2 Å². The minimum Gasteiger partial charge on any atom is -0.477 e. The fourth-order valence-electron chi connectivity index (χ4n) is 2.28. The van der Waals surface area contributed by atoms with E-state index in [1.165, 1.54) is 12.1 Å². The van der Waals surface area contributed by atoms with Crippen molar-refractivity contribution >= 4 is 17.3 Å². The molecule has 0 saturated carbocycles. The van der Waals surface area contributed by atoms with E-state index in [0.29, 0.717) is 5.69 Å². The van der Waals surface area contributed by atoms with E-state index in [-0.39, 0.29) is 17.3 Å². The van der Waals surface area contributed by atoms with E-state index in [1.54, 1.807) is 6.07 Å². The molecule has 0 fully saturated rings. The Bertz CT molecular complexity index is 502. The molecule has 1 unspecified atom stereocenters. The van der Waals surface area contributed by atoms with Crippen LogP contribution in [0.3, 0.4) is 0 Å². The van der Waals surface area contributed by atoms with Crippen molar-refractivity contribution in [2.24, 2.45) is 0 Å². The van der Waals surface area contributed by atoms with Gasteiger partial charge in [0.25, 0.3) is 5.69 Å². The smallest absolute Gasteiger partial charge is 0.342 e. The van der Waals surface area contributed by atoms with Gasteiger partial charge in [-0.1, -0.05) is 33.1 Å². The van der Waals surface area contributed by atoms with Crippen LogP contribution in [0.25, 0.3) is 0 Å². The van der Waals surface area contributed by atoms with Crippen molar-refractivity contribution in [3.63, 3.8) is 0 Å². The molecule has 0 amide bonds. The Balaban J connectivity index is 2.94. The number of nitrogens with one attached hydrogen (secondary N) is 1. The first-order valence-electron chi connectivity index (χ1n) is 7.27. The summed E-state index contributed by atoms with van der Waals surface area (Å²) in [5, 5.41) is 23.2. The van der Waals surface area contributed by atoms with Gasteiger partial charge in [-0.15, -0.1) is 0 Å². The molecule has 0 heterocycles. The van der Waals surface area contributed by atoms with Crippen molar-refractivity contribution in [1.29, 1.82) is 0 Å². The predicted molar refractivity (Wildman–Crippen MR) is 81.9 cm³/mol. The average Bonchev–Trinajstić information content (AvgIpc) is 2.44. The third-order valence-corrected chi connectivity index (χ3v) is 3.34. The van der Waals surface area contributed by atoms with E-state index in [2.05, 4.69) is 19.2 Å². The van der Waals surface area contributed by atoms with Gasteiger partial charge in [0.15, 0.2) is 0 Å². The van der Waals surface area contributed by atoms with Gasteiger partial charge in [0, 0.05) is 17.8 Å². The molecule has 0 radical (unpaired) electrons. The molecule has 2 N–H and O–H groups in total. The molecule has 1 aromatic rings. The van der Waals surface area contributed by atoms with Crippen LogP contribution >= 0.6 is 0 Å². The molecule has 0 saturated heterocycles. The van der Waals surface area contributed by atoms with Gasteiger partial charge in [0.1, 0.15) is 5.56 Å². The standard InChI is InChI=1S/C15H22N2O4/c1-3-5-7-11(6-4-2)16-12-8-9-14(17(20)21)13(10-12)15(18)19/h8-11,16H,3-7H2,1-2H3,(H,18,19). The van der Waals surface area contributed by atoms with Crippen LogP contribution in [0.2, 0.25) is 0 Å². The van der Waals surface area contributed by atoms with Gasteiger partial charge in [-0.3, -0.25) is 10.1 Å². The normalized spacial score (nSPS) is 11.9. The molecule has 0 aliphatic carbocycles. The lowest BCUT2D eigenvalue weighted by molar-refractivity contribution is -0.385. The fraction of sp³-hybridized carbons (Fsp3) is 0.533. The summed E-state index contributed by atoms with van der Waals surface area (Å²) in [5.41, 5.74) is -0.0445. The lowest BCUT2D eigenvalue weighted by atomic mass is 10.0. The van der Waals surface area contributed by atoms with Crippen LogP contribution in [-0.2, 0) is 0 Å². The van der Waals surface area contributed by atoms with Crippen molar-refractivity contribution in [2.75, 3.05) is 5.32 Å². The predicted octanol–water partition coefficient (Wildman–Crippen LogP) is 4.06. The molecule has 6 heteroatoms. The van der Waals surface area contributed by atoms with E-state index in [4.69, 9.17) is 5.11 Å². The van der Waals surface area contributed by atoms with E-state index in [9.17, 15) is 14.9 Å². The van der Waals surface area contributed by atoms with Crippen LogP contribution in [0, 0.1) is 10.1 Å². The second-order valence-electron chi connectivity index (χ2n) is 5.07. The van der Waals surface area contributed by atoms with Crippen LogP contribution in [0.4, 0.5) is 11.4 Å². The van der Waals surface area contributed by atoms with Gasteiger partial charge in [0.2, 0.25) is 0 Å². The zero-order valence-corrected chi connectivity index (χ0v) is 12.5. The summed E-state index contributed by atoms with van der Waals surface area (Å²) in [6.45, 7) is 4.22. The molecule has 21 heavy (non-hydrogen) atoms. The van der Waals surface area contributed by atoms with Gasteiger partial charge < -0.3 is 10.4 Å². The number of nitro benzene ring substituents is 1. The van der Waals surface area contributed by atoms with Crippen molar-refractivity contribution in [2.45, 2.75) is 52.0 Å². The van der Waals surface area contributed by atoms with Crippen molar-refractivity contribution < 1.29 is 14.8 Å². The van der Waals surface area contributed by atoms with Crippen LogP contribution in [0.1, 0.15) is 56.3 Å². The number of nitro groups is 1. The summed E-state index contributed by atoms with van der Waals surface area (Å²) >= 11 is 0. The molecule has 0 aliphatic rings. The molecule has 6 nitrogen and oxygen atoms in total.